The Morgan fingerprint density at radius 1 is 1.36 bits per heavy atom. The summed E-state index contributed by atoms with van der Waals surface area (Å²) in [5, 5.41) is 6.16. The number of benzene rings is 1. The molecule has 1 atom stereocenters. The second-order valence-electron chi connectivity index (χ2n) is 6.49. The van der Waals surface area contributed by atoms with Crippen LogP contribution < -0.4 is 10.6 Å². The van der Waals surface area contributed by atoms with Crippen LogP contribution in [0.1, 0.15) is 23.2 Å². The number of amides is 2. The number of carbonyl (C=O) groups is 2. The highest BCUT2D eigenvalue weighted by atomic mass is 79.9. The number of hydrogen-bond acceptors (Lipinski definition) is 3. The van der Waals surface area contributed by atoms with Gasteiger partial charge in [-0.25, -0.2) is 4.39 Å². The summed E-state index contributed by atoms with van der Waals surface area (Å²) in [5.41, 5.74) is 0.317. The molecule has 0 saturated carbocycles. The number of halogens is 3. The second-order valence-corrected chi connectivity index (χ2v) is 7.34. The molecule has 0 aromatic heterocycles. The van der Waals surface area contributed by atoms with Crippen molar-refractivity contribution >= 4 is 40.2 Å². The summed E-state index contributed by atoms with van der Waals surface area (Å²) in [6, 6.07) is 4.37. The molecule has 0 bridgehead atoms. The van der Waals surface area contributed by atoms with Gasteiger partial charge in [0.25, 0.3) is 5.91 Å². The largest absolute Gasteiger partial charge is 0.355 e. The van der Waals surface area contributed by atoms with Gasteiger partial charge in [-0.05, 0) is 47.0 Å². The van der Waals surface area contributed by atoms with Gasteiger partial charge in [-0.15, -0.1) is 12.4 Å². The van der Waals surface area contributed by atoms with Crippen molar-refractivity contribution in [1.29, 1.82) is 0 Å². The lowest BCUT2D eigenvalue weighted by atomic mass is 9.95. The Hall–Kier alpha value is -1.18. The maximum atomic E-state index is 13.6. The van der Waals surface area contributed by atoms with E-state index in [1.807, 2.05) is 0 Å². The predicted molar refractivity (Wildman–Crippen MR) is 99.3 cm³/mol. The molecule has 3 rings (SSSR count). The Bertz CT molecular complexity index is 642. The van der Waals surface area contributed by atoms with Crippen molar-refractivity contribution in [1.82, 2.24) is 15.5 Å². The van der Waals surface area contributed by atoms with Gasteiger partial charge in [0, 0.05) is 44.2 Å². The molecule has 1 aromatic carbocycles. The number of likely N-dealkylation sites (tertiary alicyclic amines) is 1. The Labute approximate surface area is 161 Å². The van der Waals surface area contributed by atoms with E-state index in [1.54, 1.807) is 11.0 Å². The highest BCUT2D eigenvalue weighted by molar-refractivity contribution is 9.10. The molecular formula is C17H22BrClFN3O2. The quantitative estimate of drug-likeness (QED) is 0.764. The first-order chi connectivity index (χ1) is 11.5. The SMILES string of the molecule is Cl.O=C(NCC1CNC1)C1CCCN(C(=O)c2ccc(Br)c(F)c2)C1. The normalized spacial score (nSPS) is 20.4. The molecule has 5 nitrogen and oxygen atoms in total. The number of piperidine rings is 1. The fourth-order valence-electron chi connectivity index (χ4n) is 3.07. The van der Waals surface area contributed by atoms with Crippen LogP contribution in [0.4, 0.5) is 4.39 Å². The molecular weight excluding hydrogens is 413 g/mol. The van der Waals surface area contributed by atoms with E-state index < -0.39 is 5.82 Å². The molecule has 1 aromatic rings. The fraction of sp³-hybridized carbons (Fsp3) is 0.529. The Kier molecular flexibility index (Phi) is 7.22. The van der Waals surface area contributed by atoms with E-state index in [4.69, 9.17) is 0 Å². The summed E-state index contributed by atoms with van der Waals surface area (Å²) >= 11 is 3.09. The number of nitrogens with zero attached hydrogens (tertiary/aromatic N) is 1. The molecule has 0 spiro atoms. The first-order valence-corrected chi connectivity index (χ1v) is 9.06. The van der Waals surface area contributed by atoms with Crippen molar-refractivity contribution < 1.29 is 14.0 Å². The van der Waals surface area contributed by atoms with Gasteiger partial charge >= 0.3 is 0 Å². The van der Waals surface area contributed by atoms with Gasteiger partial charge in [-0.1, -0.05) is 0 Å². The zero-order chi connectivity index (χ0) is 17.1. The monoisotopic (exact) mass is 433 g/mol. The van der Waals surface area contributed by atoms with Crippen molar-refractivity contribution in [3.63, 3.8) is 0 Å². The van der Waals surface area contributed by atoms with E-state index in [0.29, 0.717) is 35.6 Å². The van der Waals surface area contributed by atoms with Gasteiger partial charge in [0.15, 0.2) is 0 Å². The van der Waals surface area contributed by atoms with E-state index in [1.165, 1.54) is 12.1 Å². The van der Waals surface area contributed by atoms with Crippen molar-refractivity contribution in [2.24, 2.45) is 11.8 Å². The molecule has 2 heterocycles. The molecule has 0 aliphatic carbocycles. The number of hydrogen-bond donors (Lipinski definition) is 2. The number of nitrogens with one attached hydrogen (secondary N) is 2. The third-order valence-corrected chi connectivity index (χ3v) is 5.32. The maximum absolute atomic E-state index is 13.6. The highest BCUT2D eigenvalue weighted by Crippen LogP contribution is 2.21. The lowest BCUT2D eigenvalue weighted by Crippen LogP contribution is -2.50. The minimum Gasteiger partial charge on any atom is -0.355 e. The minimum atomic E-state index is -0.457. The van der Waals surface area contributed by atoms with E-state index in [2.05, 4.69) is 26.6 Å². The topological polar surface area (TPSA) is 61.4 Å². The van der Waals surface area contributed by atoms with Crippen LogP contribution in [-0.4, -0.2) is 49.4 Å². The van der Waals surface area contributed by atoms with Gasteiger partial charge in [-0.2, -0.15) is 0 Å². The maximum Gasteiger partial charge on any atom is 0.253 e. The fourth-order valence-corrected chi connectivity index (χ4v) is 3.32. The Morgan fingerprint density at radius 3 is 2.76 bits per heavy atom. The summed E-state index contributed by atoms with van der Waals surface area (Å²) in [4.78, 5) is 26.5. The summed E-state index contributed by atoms with van der Waals surface area (Å²) < 4.78 is 14.0. The van der Waals surface area contributed by atoms with E-state index in [9.17, 15) is 14.0 Å². The average Bonchev–Trinajstić information content (AvgIpc) is 2.55. The van der Waals surface area contributed by atoms with Gasteiger partial charge in [0.1, 0.15) is 5.82 Å². The predicted octanol–water partition coefficient (Wildman–Crippen LogP) is 2.20. The standard InChI is InChI=1S/C17H21BrFN3O2.ClH/c18-14-4-3-12(6-15(14)19)17(24)22-5-1-2-13(10-22)16(23)21-9-11-7-20-8-11;/h3-4,6,11,13,20H,1-2,5,7-10H2,(H,21,23);1H. The molecule has 2 amide bonds. The third kappa shape index (κ3) is 4.92. The van der Waals surface area contributed by atoms with Crippen LogP contribution in [0.25, 0.3) is 0 Å². The Balaban J connectivity index is 0.00000225. The van der Waals surface area contributed by atoms with Crippen LogP contribution >= 0.6 is 28.3 Å². The second kappa shape index (κ2) is 8.96. The average molecular weight is 435 g/mol. The number of rotatable bonds is 4. The zero-order valence-corrected chi connectivity index (χ0v) is 16.2. The molecule has 2 saturated heterocycles. The van der Waals surface area contributed by atoms with E-state index in [0.717, 1.165) is 25.9 Å². The van der Waals surface area contributed by atoms with Crippen LogP contribution in [0, 0.1) is 17.7 Å². The lowest BCUT2D eigenvalue weighted by molar-refractivity contribution is -0.126. The minimum absolute atomic E-state index is 0. The first-order valence-electron chi connectivity index (χ1n) is 8.27. The molecule has 2 N–H and O–H groups in total. The van der Waals surface area contributed by atoms with Crippen LogP contribution in [0.5, 0.6) is 0 Å². The number of carbonyl (C=O) groups excluding carboxylic acids is 2. The molecule has 0 radical (unpaired) electrons. The van der Waals surface area contributed by atoms with Crippen molar-refractivity contribution in [3.8, 4) is 0 Å². The molecule has 2 fully saturated rings. The molecule has 8 heteroatoms. The lowest BCUT2D eigenvalue weighted by Gasteiger charge is -2.33. The molecule has 138 valence electrons. The van der Waals surface area contributed by atoms with Crippen LogP contribution in [0.2, 0.25) is 0 Å². The summed E-state index contributed by atoms with van der Waals surface area (Å²) in [5.74, 6) is -0.332. The zero-order valence-electron chi connectivity index (χ0n) is 13.8. The van der Waals surface area contributed by atoms with Crippen molar-refractivity contribution in [3.05, 3.63) is 34.1 Å². The smallest absolute Gasteiger partial charge is 0.253 e. The molecule has 2 aliphatic rings. The van der Waals surface area contributed by atoms with Gasteiger partial charge < -0.3 is 15.5 Å². The van der Waals surface area contributed by atoms with Crippen LogP contribution in [0.15, 0.2) is 22.7 Å². The molecule has 1 unspecified atom stereocenters. The van der Waals surface area contributed by atoms with Crippen molar-refractivity contribution in [2.75, 3.05) is 32.7 Å². The van der Waals surface area contributed by atoms with Crippen LogP contribution in [-0.2, 0) is 4.79 Å². The van der Waals surface area contributed by atoms with E-state index >= 15 is 0 Å². The van der Waals surface area contributed by atoms with Crippen molar-refractivity contribution in [2.45, 2.75) is 12.8 Å². The van der Waals surface area contributed by atoms with Gasteiger partial charge in [0.2, 0.25) is 5.91 Å². The van der Waals surface area contributed by atoms with E-state index in [-0.39, 0.29) is 30.1 Å². The summed E-state index contributed by atoms with van der Waals surface area (Å²) in [6.07, 6.45) is 1.57. The summed E-state index contributed by atoms with van der Waals surface area (Å²) in [6.45, 7) is 3.59. The third-order valence-electron chi connectivity index (χ3n) is 4.68. The molecule has 2 aliphatic heterocycles. The highest BCUT2D eigenvalue weighted by Gasteiger charge is 2.29. The Morgan fingerprint density at radius 2 is 2.12 bits per heavy atom. The van der Waals surface area contributed by atoms with Crippen LogP contribution in [0.3, 0.4) is 0 Å². The summed E-state index contributed by atoms with van der Waals surface area (Å²) in [7, 11) is 0. The van der Waals surface area contributed by atoms with Gasteiger partial charge in [0.05, 0.1) is 10.4 Å². The molecule has 25 heavy (non-hydrogen) atoms. The van der Waals surface area contributed by atoms with Gasteiger partial charge in [-0.3, -0.25) is 9.59 Å². The first kappa shape index (κ1) is 20.1.